The van der Waals surface area contributed by atoms with Crippen LogP contribution in [0.25, 0.3) is 11.3 Å². The number of pyridine rings is 1. The van der Waals surface area contributed by atoms with Crippen molar-refractivity contribution in [2.45, 2.75) is 6.92 Å². The van der Waals surface area contributed by atoms with Gasteiger partial charge in [0.1, 0.15) is 0 Å². The quantitative estimate of drug-likeness (QED) is 0.750. The van der Waals surface area contributed by atoms with Crippen LogP contribution in [0.15, 0.2) is 37.1 Å². The molecule has 5 heteroatoms. The first-order valence-electron chi connectivity index (χ1n) is 5.20. The van der Waals surface area contributed by atoms with Gasteiger partial charge in [-0.25, -0.2) is 4.79 Å². The minimum atomic E-state index is -0.384. The molecular weight excluding hydrogens is 218 g/mol. The fourth-order valence-electron chi connectivity index (χ4n) is 1.35. The summed E-state index contributed by atoms with van der Waals surface area (Å²) in [4.78, 5) is 23.6. The van der Waals surface area contributed by atoms with Gasteiger partial charge in [0.05, 0.1) is 24.1 Å². The predicted octanol–water partition coefficient (Wildman–Crippen LogP) is 1.72. The number of esters is 1. The normalized spacial score (nSPS) is 9.94. The third-order valence-electron chi connectivity index (χ3n) is 2.11. The zero-order valence-corrected chi connectivity index (χ0v) is 9.33. The van der Waals surface area contributed by atoms with Crippen LogP contribution in [0.2, 0.25) is 0 Å². The number of carbonyl (C=O) groups is 1. The maximum Gasteiger partial charge on any atom is 0.339 e. The molecule has 0 atom stereocenters. The van der Waals surface area contributed by atoms with E-state index in [1.165, 1.54) is 6.20 Å². The van der Waals surface area contributed by atoms with Crippen molar-refractivity contribution in [3.8, 4) is 11.3 Å². The second-order valence-electron chi connectivity index (χ2n) is 3.27. The van der Waals surface area contributed by atoms with Crippen LogP contribution in [0.3, 0.4) is 0 Å². The van der Waals surface area contributed by atoms with E-state index in [2.05, 4.69) is 15.0 Å². The van der Waals surface area contributed by atoms with Crippen LogP contribution in [0, 0.1) is 0 Å². The standard InChI is InChI=1S/C12H11N3O2/c1-2-17-12(16)10-5-9(6-14-7-10)11-8-13-3-4-15-11/h3-8H,2H2,1H3. The van der Waals surface area contributed by atoms with E-state index in [0.717, 1.165) is 5.56 Å². The second kappa shape index (κ2) is 5.16. The number of aromatic nitrogens is 3. The van der Waals surface area contributed by atoms with Gasteiger partial charge in [-0.15, -0.1) is 0 Å². The summed E-state index contributed by atoms with van der Waals surface area (Å²) in [5.41, 5.74) is 1.82. The lowest BCUT2D eigenvalue weighted by molar-refractivity contribution is 0.0526. The molecule has 17 heavy (non-hydrogen) atoms. The van der Waals surface area contributed by atoms with E-state index in [1.54, 1.807) is 37.8 Å². The van der Waals surface area contributed by atoms with Crippen molar-refractivity contribution in [1.29, 1.82) is 0 Å². The van der Waals surface area contributed by atoms with E-state index in [4.69, 9.17) is 4.74 Å². The van der Waals surface area contributed by atoms with Gasteiger partial charge in [-0.05, 0) is 13.0 Å². The SMILES string of the molecule is CCOC(=O)c1cncc(-c2cnccn2)c1. The maximum atomic E-state index is 11.5. The molecule has 0 N–H and O–H groups in total. The first-order chi connectivity index (χ1) is 8.31. The lowest BCUT2D eigenvalue weighted by atomic mass is 10.1. The van der Waals surface area contributed by atoms with Crippen LogP contribution in [0.5, 0.6) is 0 Å². The molecule has 0 bridgehead atoms. The third kappa shape index (κ3) is 2.63. The molecule has 2 aromatic heterocycles. The van der Waals surface area contributed by atoms with Crippen LogP contribution < -0.4 is 0 Å². The Balaban J connectivity index is 2.32. The summed E-state index contributed by atoms with van der Waals surface area (Å²) in [6, 6.07) is 1.69. The van der Waals surface area contributed by atoms with Gasteiger partial charge < -0.3 is 4.74 Å². The van der Waals surface area contributed by atoms with Crippen molar-refractivity contribution in [2.24, 2.45) is 0 Å². The van der Waals surface area contributed by atoms with Gasteiger partial charge in [0.25, 0.3) is 0 Å². The second-order valence-corrected chi connectivity index (χ2v) is 3.27. The monoisotopic (exact) mass is 229 g/mol. The minimum Gasteiger partial charge on any atom is -0.462 e. The van der Waals surface area contributed by atoms with Gasteiger partial charge >= 0.3 is 5.97 Å². The van der Waals surface area contributed by atoms with Gasteiger partial charge in [0.2, 0.25) is 0 Å². The highest BCUT2D eigenvalue weighted by Gasteiger charge is 2.08. The first kappa shape index (κ1) is 11.2. The van der Waals surface area contributed by atoms with E-state index in [1.807, 2.05) is 0 Å². The molecule has 0 saturated heterocycles. The summed E-state index contributed by atoms with van der Waals surface area (Å²) in [6.07, 6.45) is 7.90. The van der Waals surface area contributed by atoms with E-state index >= 15 is 0 Å². The molecule has 2 rings (SSSR count). The van der Waals surface area contributed by atoms with Gasteiger partial charge in [0.15, 0.2) is 0 Å². The number of ether oxygens (including phenoxy) is 1. The molecule has 0 unspecified atom stereocenters. The fourth-order valence-corrected chi connectivity index (χ4v) is 1.35. The Morgan fingerprint density at radius 1 is 1.24 bits per heavy atom. The maximum absolute atomic E-state index is 11.5. The molecule has 2 aromatic rings. The molecule has 0 fully saturated rings. The number of hydrogen-bond donors (Lipinski definition) is 0. The van der Waals surface area contributed by atoms with E-state index < -0.39 is 0 Å². The van der Waals surface area contributed by atoms with Crippen molar-refractivity contribution >= 4 is 5.97 Å². The third-order valence-corrected chi connectivity index (χ3v) is 2.11. The van der Waals surface area contributed by atoms with E-state index in [-0.39, 0.29) is 5.97 Å². The van der Waals surface area contributed by atoms with Gasteiger partial charge in [-0.3, -0.25) is 15.0 Å². The highest BCUT2D eigenvalue weighted by Crippen LogP contribution is 2.15. The van der Waals surface area contributed by atoms with E-state index in [0.29, 0.717) is 17.9 Å². The Morgan fingerprint density at radius 2 is 2.12 bits per heavy atom. The predicted molar refractivity (Wildman–Crippen MR) is 61.2 cm³/mol. The highest BCUT2D eigenvalue weighted by molar-refractivity contribution is 5.90. The Bertz CT molecular complexity index is 514. The van der Waals surface area contributed by atoms with Crippen LogP contribution >= 0.6 is 0 Å². The van der Waals surface area contributed by atoms with Crippen LogP contribution in [0.1, 0.15) is 17.3 Å². The van der Waals surface area contributed by atoms with Gasteiger partial charge in [0, 0.05) is 30.4 Å². The number of nitrogens with zero attached hydrogens (tertiary/aromatic N) is 3. The summed E-state index contributed by atoms with van der Waals surface area (Å²) in [7, 11) is 0. The number of hydrogen-bond acceptors (Lipinski definition) is 5. The molecule has 5 nitrogen and oxygen atoms in total. The molecule has 0 radical (unpaired) electrons. The molecular formula is C12H11N3O2. The van der Waals surface area contributed by atoms with Gasteiger partial charge in [-0.2, -0.15) is 0 Å². The molecule has 0 amide bonds. The Hall–Kier alpha value is -2.30. The Labute approximate surface area is 98.5 Å². The van der Waals surface area contributed by atoms with E-state index in [9.17, 15) is 4.79 Å². The molecule has 0 aromatic carbocycles. The lowest BCUT2D eigenvalue weighted by Gasteiger charge is -2.03. The van der Waals surface area contributed by atoms with Crippen molar-refractivity contribution in [3.05, 3.63) is 42.6 Å². The summed E-state index contributed by atoms with van der Waals surface area (Å²) in [5, 5.41) is 0. The molecule has 2 heterocycles. The summed E-state index contributed by atoms with van der Waals surface area (Å²) >= 11 is 0. The van der Waals surface area contributed by atoms with Crippen LogP contribution in [-0.4, -0.2) is 27.5 Å². The highest BCUT2D eigenvalue weighted by atomic mass is 16.5. The first-order valence-corrected chi connectivity index (χ1v) is 5.20. The van der Waals surface area contributed by atoms with Crippen molar-refractivity contribution in [1.82, 2.24) is 15.0 Å². The lowest BCUT2D eigenvalue weighted by Crippen LogP contribution is -2.05. The molecule has 0 aliphatic carbocycles. The molecule has 0 aliphatic rings. The molecule has 0 spiro atoms. The molecule has 0 aliphatic heterocycles. The summed E-state index contributed by atoms with van der Waals surface area (Å²) in [5.74, 6) is -0.384. The largest absolute Gasteiger partial charge is 0.462 e. The van der Waals surface area contributed by atoms with Crippen LogP contribution in [0.4, 0.5) is 0 Å². The minimum absolute atomic E-state index is 0.341. The molecule has 0 saturated carbocycles. The van der Waals surface area contributed by atoms with Gasteiger partial charge in [-0.1, -0.05) is 0 Å². The van der Waals surface area contributed by atoms with Crippen LogP contribution in [-0.2, 0) is 4.74 Å². The Morgan fingerprint density at radius 3 is 2.82 bits per heavy atom. The molecule has 86 valence electrons. The zero-order valence-electron chi connectivity index (χ0n) is 9.33. The average Bonchev–Trinajstić information content (AvgIpc) is 2.40. The van der Waals surface area contributed by atoms with Crippen molar-refractivity contribution in [2.75, 3.05) is 6.61 Å². The number of carbonyl (C=O) groups excluding carboxylic acids is 1. The smallest absolute Gasteiger partial charge is 0.339 e. The summed E-state index contributed by atoms with van der Waals surface area (Å²) in [6.45, 7) is 2.10. The Kier molecular flexibility index (Phi) is 3.40. The zero-order chi connectivity index (χ0) is 12.1. The average molecular weight is 229 g/mol. The summed E-state index contributed by atoms with van der Waals surface area (Å²) < 4.78 is 4.90. The van der Waals surface area contributed by atoms with Crippen molar-refractivity contribution in [3.63, 3.8) is 0 Å². The fraction of sp³-hybridized carbons (Fsp3) is 0.167. The number of rotatable bonds is 3. The topological polar surface area (TPSA) is 65.0 Å². The van der Waals surface area contributed by atoms with Crippen molar-refractivity contribution < 1.29 is 9.53 Å².